The fourth-order valence-corrected chi connectivity index (χ4v) is 7.08. The second-order valence-corrected chi connectivity index (χ2v) is 12.0. The van der Waals surface area contributed by atoms with Gasteiger partial charge in [0.2, 0.25) is 11.8 Å². The molecule has 206 valence electrons. The molecule has 0 unspecified atom stereocenters. The SMILES string of the molecule is CNC(=O)[C@H](Cc1ccccc1)N(Cc1ccc(C)cc1)C(=O)CCCN1c2cccc3cccc(c23)S1(=O)=O. The van der Waals surface area contributed by atoms with Crippen LogP contribution in [-0.4, -0.2) is 44.8 Å². The summed E-state index contributed by atoms with van der Waals surface area (Å²) in [7, 11) is -2.12. The Morgan fingerprint density at radius 3 is 2.27 bits per heavy atom. The van der Waals surface area contributed by atoms with E-state index in [1.807, 2.05) is 85.8 Å². The largest absolute Gasteiger partial charge is 0.357 e. The maximum Gasteiger partial charge on any atom is 0.265 e. The average molecular weight is 556 g/mol. The highest BCUT2D eigenvalue weighted by Gasteiger charge is 2.35. The third kappa shape index (κ3) is 5.45. The predicted molar refractivity (Wildman–Crippen MR) is 157 cm³/mol. The molecule has 1 N–H and O–H groups in total. The Kier molecular flexibility index (Phi) is 7.89. The minimum Gasteiger partial charge on any atom is -0.357 e. The van der Waals surface area contributed by atoms with Crippen molar-refractivity contribution in [3.05, 3.63) is 108 Å². The number of nitrogens with one attached hydrogen (secondary N) is 1. The minimum absolute atomic E-state index is 0.104. The molecule has 0 saturated heterocycles. The summed E-state index contributed by atoms with van der Waals surface area (Å²) >= 11 is 0. The van der Waals surface area contributed by atoms with E-state index in [4.69, 9.17) is 0 Å². The van der Waals surface area contributed by atoms with E-state index in [0.717, 1.165) is 27.5 Å². The first-order valence-electron chi connectivity index (χ1n) is 13.4. The molecule has 0 fully saturated rings. The van der Waals surface area contributed by atoms with Crippen LogP contribution in [0.15, 0.2) is 95.9 Å². The van der Waals surface area contributed by atoms with Gasteiger partial charge in [0.1, 0.15) is 6.04 Å². The summed E-state index contributed by atoms with van der Waals surface area (Å²) in [4.78, 5) is 28.8. The zero-order valence-electron chi connectivity index (χ0n) is 22.7. The predicted octanol–water partition coefficient (Wildman–Crippen LogP) is 4.82. The Hall–Kier alpha value is -4.17. The van der Waals surface area contributed by atoms with Crippen LogP contribution in [0.3, 0.4) is 0 Å². The van der Waals surface area contributed by atoms with E-state index < -0.39 is 16.1 Å². The molecule has 1 aliphatic heterocycles. The smallest absolute Gasteiger partial charge is 0.265 e. The van der Waals surface area contributed by atoms with Crippen molar-refractivity contribution in [2.24, 2.45) is 0 Å². The Bertz CT molecular complexity index is 1630. The van der Waals surface area contributed by atoms with Crippen molar-refractivity contribution in [1.82, 2.24) is 10.2 Å². The molecule has 2 amide bonds. The standard InChI is InChI=1S/C32H33N3O4S/c1-23-16-18-25(19-17-23)22-34(28(32(37)33-2)21-24-9-4-3-5-10-24)30(36)15-8-20-35-27-13-6-11-26-12-7-14-29(31(26)27)40(35,38)39/h3-7,9-14,16-19,28H,8,15,20-22H2,1-2H3,(H,33,37)/t28-/m0/s1. The summed E-state index contributed by atoms with van der Waals surface area (Å²) in [5.41, 5.74) is 3.62. The van der Waals surface area contributed by atoms with Crippen LogP contribution < -0.4 is 9.62 Å². The molecule has 4 aromatic carbocycles. The Labute approximate surface area is 235 Å². The zero-order chi connectivity index (χ0) is 28.3. The number of carbonyl (C=O) groups excluding carboxylic acids is 2. The van der Waals surface area contributed by atoms with Gasteiger partial charge in [-0.1, -0.05) is 84.4 Å². The summed E-state index contributed by atoms with van der Waals surface area (Å²) in [5, 5.41) is 4.32. The summed E-state index contributed by atoms with van der Waals surface area (Å²) in [6.07, 6.45) is 0.793. The van der Waals surface area contributed by atoms with E-state index >= 15 is 0 Å². The molecule has 0 saturated carbocycles. The van der Waals surface area contributed by atoms with E-state index in [0.29, 0.717) is 23.4 Å². The van der Waals surface area contributed by atoms with Gasteiger partial charge in [-0.3, -0.25) is 13.9 Å². The van der Waals surface area contributed by atoms with Crippen molar-refractivity contribution in [2.45, 2.75) is 43.7 Å². The minimum atomic E-state index is -3.70. The number of sulfonamides is 1. The van der Waals surface area contributed by atoms with Gasteiger partial charge in [-0.15, -0.1) is 0 Å². The van der Waals surface area contributed by atoms with Crippen molar-refractivity contribution in [1.29, 1.82) is 0 Å². The number of anilines is 1. The van der Waals surface area contributed by atoms with Gasteiger partial charge < -0.3 is 10.2 Å². The van der Waals surface area contributed by atoms with E-state index in [1.54, 1.807) is 24.1 Å². The lowest BCUT2D eigenvalue weighted by atomic mass is 10.0. The quantitative estimate of drug-likeness (QED) is 0.304. The highest BCUT2D eigenvalue weighted by molar-refractivity contribution is 7.93. The van der Waals surface area contributed by atoms with E-state index in [-0.39, 0.29) is 31.3 Å². The number of amides is 2. The normalized spacial score (nSPS) is 14.2. The molecule has 1 atom stereocenters. The molecule has 0 radical (unpaired) electrons. The molecule has 1 aliphatic rings. The van der Waals surface area contributed by atoms with Crippen molar-refractivity contribution in [2.75, 3.05) is 17.9 Å². The van der Waals surface area contributed by atoms with Crippen LogP contribution in [0, 0.1) is 6.92 Å². The Morgan fingerprint density at radius 1 is 0.875 bits per heavy atom. The summed E-state index contributed by atoms with van der Waals surface area (Å²) < 4.78 is 28.1. The molecule has 40 heavy (non-hydrogen) atoms. The van der Waals surface area contributed by atoms with Crippen LogP contribution in [0.4, 0.5) is 5.69 Å². The van der Waals surface area contributed by atoms with Crippen LogP contribution in [0.5, 0.6) is 0 Å². The molecule has 7 nitrogen and oxygen atoms in total. The number of aryl methyl sites for hydroxylation is 1. The van der Waals surface area contributed by atoms with E-state index in [9.17, 15) is 18.0 Å². The van der Waals surface area contributed by atoms with Gasteiger partial charge in [0.15, 0.2) is 0 Å². The zero-order valence-corrected chi connectivity index (χ0v) is 23.5. The first-order chi connectivity index (χ1) is 19.3. The Balaban J connectivity index is 1.37. The van der Waals surface area contributed by atoms with Gasteiger partial charge >= 0.3 is 0 Å². The monoisotopic (exact) mass is 555 g/mol. The van der Waals surface area contributed by atoms with Gasteiger partial charge in [-0.2, -0.15) is 0 Å². The molecular formula is C32H33N3O4S. The third-order valence-corrected chi connectivity index (χ3v) is 9.28. The van der Waals surface area contributed by atoms with E-state index in [2.05, 4.69) is 5.32 Å². The first-order valence-corrected chi connectivity index (χ1v) is 14.9. The summed E-state index contributed by atoms with van der Waals surface area (Å²) in [6, 6.07) is 27.7. The number of carbonyl (C=O) groups is 2. The van der Waals surface area contributed by atoms with Crippen LogP contribution in [0.1, 0.15) is 29.5 Å². The molecule has 1 heterocycles. The van der Waals surface area contributed by atoms with Crippen LogP contribution in [0.2, 0.25) is 0 Å². The summed E-state index contributed by atoms with van der Waals surface area (Å²) in [6.45, 7) is 2.45. The lowest BCUT2D eigenvalue weighted by molar-refractivity contribution is -0.141. The van der Waals surface area contributed by atoms with E-state index in [1.165, 1.54) is 4.31 Å². The van der Waals surface area contributed by atoms with Gasteiger partial charge in [0.25, 0.3) is 10.0 Å². The molecular weight excluding hydrogens is 522 g/mol. The molecule has 0 bridgehead atoms. The first kappa shape index (κ1) is 27.4. The number of rotatable bonds is 10. The highest BCUT2D eigenvalue weighted by atomic mass is 32.2. The van der Waals surface area contributed by atoms with Crippen molar-refractivity contribution >= 4 is 38.3 Å². The van der Waals surface area contributed by atoms with Gasteiger partial charge in [0, 0.05) is 38.4 Å². The number of nitrogens with zero attached hydrogens (tertiary/aromatic N) is 2. The van der Waals surface area contributed by atoms with Crippen LogP contribution in [0.25, 0.3) is 10.8 Å². The maximum atomic E-state index is 13.8. The average Bonchev–Trinajstić information content (AvgIpc) is 3.19. The Morgan fingerprint density at radius 2 is 1.57 bits per heavy atom. The van der Waals surface area contributed by atoms with Crippen molar-refractivity contribution in [3.63, 3.8) is 0 Å². The van der Waals surface area contributed by atoms with Gasteiger partial charge in [-0.25, -0.2) is 8.42 Å². The molecule has 5 rings (SSSR count). The molecule has 4 aromatic rings. The van der Waals surface area contributed by atoms with Crippen molar-refractivity contribution < 1.29 is 18.0 Å². The lowest BCUT2D eigenvalue weighted by Crippen LogP contribution is -2.49. The van der Waals surface area contributed by atoms with Crippen LogP contribution in [-0.2, 0) is 32.6 Å². The van der Waals surface area contributed by atoms with Crippen LogP contribution >= 0.6 is 0 Å². The van der Waals surface area contributed by atoms with Gasteiger partial charge in [-0.05, 0) is 42.0 Å². The number of benzene rings is 4. The lowest BCUT2D eigenvalue weighted by Gasteiger charge is -2.31. The topological polar surface area (TPSA) is 86.8 Å². The number of likely N-dealkylation sites (N-methyl/N-ethyl adjacent to an activating group) is 1. The number of hydrogen-bond donors (Lipinski definition) is 1. The third-order valence-electron chi connectivity index (χ3n) is 7.42. The summed E-state index contributed by atoms with van der Waals surface area (Å²) in [5.74, 6) is -0.439. The van der Waals surface area contributed by atoms with Crippen molar-refractivity contribution in [3.8, 4) is 0 Å². The maximum absolute atomic E-state index is 13.8. The fourth-order valence-electron chi connectivity index (χ4n) is 5.33. The molecule has 0 aliphatic carbocycles. The molecule has 0 aromatic heterocycles. The number of hydrogen-bond acceptors (Lipinski definition) is 4. The molecule has 0 spiro atoms. The molecule has 8 heteroatoms. The highest BCUT2D eigenvalue weighted by Crippen LogP contribution is 2.42. The van der Waals surface area contributed by atoms with Gasteiger partial charge in [0.05, 0.1) is 10.6 Å². The second kappa shape index (κ2) is 11.5. The second-order valence-electron chi connectivity index (χ2n) is 10.1. The fraction of sp³-hybridized carbons (Fsp3) is 0.250.